The molecule has 3 N–H and O–H groups in total. The molecule has 3 amide bonds. The quantitative estimate of drug-likeness (QED) is 0.276. The molecule has 0 spiro atoms. The summed E-state index contributed by atoms with van der Waals surface area (Å²) in [6, 6.07) is 7.99. The molecule has 7 rings (SSSR count). The van der Waals surface area contributed by atoms with Crippen LogP contribution in [0.3, 0.4) is 0 Å². The molecule has 5 atom stereocenters. The molecule has 2 aliphatic carbocycles. The molecule has 2 aliphatic heterocycles. The van der Waals surface area contributed by atoms with Crippen LogP contribution in [0, 0.1) is 5.92 Å². The van der Waals surface area contributed by atoms with Gasteiger partial charge in [-0.1, -0.05) is 64.0 Å². The molecule has 1 aromatic carbocycles. The van der Waals surface area contributed by atoms with Crippen molar-refractivity contribution in [1.82, 2.24) is 24.9 Å². The Labute approximate surface area is 309 Å². The number of benzene rings is 1. The van der Waals surface area contributed by atoms with Crippen molar-refractivity contribution >= 4 is 55.0 Å². The fourth-order valence-electron chi connectivity index (χ4n) is 7.12. The molecule has 3 fully saturated rings. The van der Waals surface area contributed by atoms with Crippen LogP contribution in [0.5, 0.6) is 5.88 Å². The molecule has 0 unspecified atom stereocenters. The minimum atomic E-state index is -3.94. The molecule has 3 aromatic rings. The highest BCUT2D eigenvalue weighted by Crippen LogP contribution is 2.47. The SMILES string of the molecule is CC(C)(C)c1csc(N[C@H]2CCCCC/C=C\[C@H]3C[C@@]3(C(=O)NS(=O)(=O)C3(C)CC3)NC(=O)[C@@H]3C[C@@H](Oc4nccc5ccccc45)CN3C2=O)n1. The van der Waals surface area contributed by atoms with E-state index in [2.05, 4.69) is 41.1 Å². The Bertz CT molecular complexity index is 2000. The molecule has 0 radical (unpaired) electrons. The van der Waals surface area contributed by atoms with Crippen LogP contribution in [0.25, 0.3) is 10.8 Å². The van der Waals surface area contributed by atoms with Gasteiger partial charge in [0, 0.05) is 34.7 Å². The predicted molar refractivity (Wildman–Crippen MR) is 200 cm³/mol. The number of sulfonamides is 1. The van der Waals surface area contributed by atoms with Gasteiger partial charge in [-0.25, -0.2) is 18.4 Å². The van der Waals surface area contributed by atoms with Gasteiger partial charge < -0.3 is 20.3 Å². The molecule has 12 nitrogen and oxygen atoms in total. The van der Waals surface area contributed by atoms with Crippen molar-refractivity contribution in [2.24, 2.45) is 5.92 Å². The first-order valence-electron chi connectivity index (χ1n) is 18.3. The van der Waals surface area contributed by atoms with E-state index >= 15 is 0 Å². The maximum atomic E-state index is 14.7. The number of fused-ring (bicyclic) bond motifs is 3. The van der Waals surface area contributed by atoms with Crippen molar-refractivity contribution in [1.29, 1.82) is 0 Å². The van der Waals surface area contributed by atoms with Gasteiger partial charge in [-0.3, -0.25) is 19.1 Å². The fourth-order valence-corrected chi connectivity index (χ4v) is 9.43. The number of carbonyl (C=O) groups excluding carboxylic acids is 3. The zero-order chi connectivity index (χ0) is 36.9. The van der Waals surface area contributed by atoms with Gasteiger partial charge in [-0.2, -0.15) is 0 Å². The number of rotatable bonds is 7. The third-order valence-corrected chi connectivity index (χ3v) is 13.9. The maximum absolute atomic E-state index is 14.7. The lowest BCUT2D eigenvalue weighted by molar-refractivity contribution is -0.140. The number of hydrogen-bond donors (Lipinski definition) is 3. The summed E-state index contributed by atoms with van der Waals surface area (Å²) in [5.41, 5.74) is -0.683. The van der Waals surface area contributed by atoms with E-state index in [-0.39, 0.29) is 36.6 Å². The number of carbonyl (C=O) groups is 3. The Morgan fingerprint density at radius 1 is 1.12 bits per heavy atom. The van der Waals surface area contributed by atoms with Crippen molar-refractivity contribution in [3.63, 3.8) is 0 Å². The van der Waals surface area contributed by atoms with E-state index in [1.165, 1.54) is 11.3 Å². The number of aromatic nitrogens is 2. The molecule has 4 aliphatic rings. The first kappa shape index (κ1) is 36.3. The molecule has 14 heteroatoms. The van der Waals surface area contributed by atoms with Crippen LogP contribution in [0.2, 0.25) is 0 Å². The van der Waals surface area contributed by atoms with Gasteiger partial charge in [0.1, 0.15) is 23.7 Å². The van der Waals surface area contributed by atoms with Crippen LogP contribution in [-0.2, 0) is 29.8 Å². The fraction of sp³-hybridized carbons (Fsp3) is 0.553. The van der Waals surface area contributed by atoms with Crippen LogP contribution in [0.4, 0.5) is 5.13 Å². The monoisotopic (exact) mass is 748 g/mol. The molecule has 2 aromatic heterocycles. The van der Waals surface area contributed by atoms with Crippen LogP contribution in [0.15, 0.2) is 54.1 Å². The summed E-state index contributed by atoms with van der Waals surface area (Å²) < 4.78 is 34.0. The second-order valence-electron chi connectivity index (χ2n) is 16.0. The van der Waals surface area contributed by atoms with E-state index in [1.807, 2.05) is 47.9 Å². The average Bonchev–Trinajstić information content (AvgIpc) is 3.88. The summed E-state index contributed by atoms with van der Waals surface area (Å²) in [7, 11) is -3.94. The Morgan fingerprint density at radius 3 is 2.65 bits per heavy atom. The normalized spacial score (nSPS) is 28.4. The van der Waals surface area contributed by atoms with Gasteiger partial charge >= 0.3 is 0 Å². The molecule has 52 heavy (non-hydrogen) atoms. The van der Waals surface area contributed by atoms with Gasteiger partial charge in [-0.15, -0.1) is 11.3 Å². The van der Waals surface area contributed by atoms with E-state index in [0.717, 1.165) is 42.1 Å². The average molecular weight is 749 g/mol. The number of thiazole rings is 1. The van der Waals surface area contributed by atoms with E-state index in [4.69, 9.17) is 9.72 Å². The number of ether oxygens (including phenoxy) is 1. The predicted octanol–water partition coefficient (Wildman–Crippen LogP) is 5.21. The van der Waals surface area contributed by atoms with Gasteiger partial charge in [0.05, 0.1) is 17.0 Å². The number of nitrogens with one attached hydrogen (secondary N) is 3. The molecule has 0 bridgehead atoms. The standard InChI is InChI=1S/C38H48N6O6S2/c1-36(2,3)30-23-51-35(41-30)40-28-15-9-7-5-6-8-13-25-21-38(25,34(47)43-52(48,49)37(4)17-18-37)42-31(45)29-20-26(22-44(29)33(28)46)50-32-27-14-11-10-12-24(27)16-19-39-32/h8,10-14,16,19,23,25-26,28-29H,5-7,9,15,17-18,20-22H2,1-4H3,(H,40,41)(H,42,45)(H,43,47)/b13-8-/t25-,26+,28-,29-,38+/m0/s1. The van der Waals surface area contributed by atoms with Gasteiger partial charge in [0.25, 0.3) is 5.91 Å². The summed E-state index contributed by atoms with van der Waals surface area (Å²) in [5.74, 6) is -1.49. The minimum absolute atomic E-state index is 0.125. The van der Waals surface area contributed by atoms with Crippen molar-refractivity contribution in [2.75, 3.05) is 11.9 Å². The van der Waals surface area contributed by atoms with Crippen molar-refractivity contribution in [3.8, 4) is 5.88 Å². The largest absolute Gasteiger partial charge is 0.472 e. The number of anilines is 1. The van der Waals surface area contributed by atoms with Crippen molar-refractivity contribution in [3.05, 3.63) is 59.8 Å². The summed E-state index contributed by atoms with van der Waals surface area (Å²) in [6.45, 7) is 8.01. The summed E-state index contributed by atoms with van der Waals surface area (Å²) >= 11 is 1.45. The second-order valence-corrected chi connectivity index (χ2v) is 19.1. The van der Waals surface area contributed by atoms with E-state index in [1.54, 1.807) is 18.0 Å². The third kappa shape index (κ3) is 7.28. The smallest absolute Gasteiger partial charge is 0.259 e. The summed E-state index contributed by atoms with van der Waals surface area (Å²) in [5, 5.41) is 10.8. The number of nitrogens with zero attached hydrogens (tertiary/aromatic N) is 3. The lowest BCUT2D eigenvalue weighted by Gasteiger charge is -2.30. The lowest BCUT2D eigenvalue weighted by Crippen LogP contribution is -2.58. The third-order valence-electron chi connectivity index (χ3n) is 11.0. The number of amides is 3. The summed E-state index contributed by atoms with van der Waals surface area (Å²) in [4.78, 5) is 53.8. The molecular formula is C38H48N6O6S2. The second kappa shape index (κ2) is 13.7. The number of pyridine rings is 1. The highest BCUT2D eigenvalue weighted by Gasteiger charge is 2.63. The zero-order valence-corrected chi connectivity index (χ0v) is 31.8. The Morgan fingerprint density at radius 2 is 1.90 bits per heavy atom. The molecule has 4 heterocycles. The Hall–Kier alpha value is -4.04. The highest BCUT2D eigenvalue weighted by molar-refractivity contribution is 7.91. The highest BCUT2D eigenvalue weighted by atomic mass is 32.2. The molecular weight excluding hydrogens is 701 g/mol. The molecule has 1 saturated heterocycles. The van der Waals surface area contributed by atoms with Crippen LogP contribution >= 0.6 is 11.3 Å². The Kier molecular flexibility index (Phi) is 9.60. The van der Waals surface area contributed by atoms with Gasteiger partial charge in [0.2, 0.25) is 27.7 Å². The first-order valence-corrected chi connectivity index (χ1v) is 20.6. The van der Waals surface area contributed by atoms with Crippen LogP contribution < -0.4 is 20.1 Å². The number of hydrogen-bond acceptors (Lipinski definition) is 10. The van der Waals surface area contributed by atoms with E-state index in [0.29, 0.717) is 30.3 Å². The van der Waals surface area contributed by atoms with Crippen molar-refractivity contribution < 1.29 is 27.5 Å². The van der Waals surface area contributed by atoms with Crippen molar-refractivity contribution in [2.45, 2.75) is 119 Å². The minimum Gasteiger partial charge on any atom is -0.472 e. The van der Waals surface area contributed by atoms with Crippen LogP contribution in [-0.4, -0.2) is 76.0 Å². The molecule has 2 saturated carbocycles. The lowest BCUT2D eigenvalue weighted by atomic mass is 9.93. The van der Waals surface area contributed by atoms with Gasteiger partial charge in [-0.05, 0) is 63.0 Å². The van der Waals surface area contributed by atoms with Crippen LogP contribution in [0.1, 0.15) is 91.2 Å². The first-order chi connectivity index (χ1) is 24.7. The topological polar surface area (TPSA) is 160 Å². The Balaban J connectivity index is 1.20. The maximum Gasteiger partial charge on any atom is 0.259 e. The van der Waals surface area contributed by atoms with E-state index < -0.39 is 50.3 Å². The molecule has 278 valence electrons. The zero-order valence-electron chi connectivity index (χ0n) is 30.2. The van der Waals surface area contributed by atoms with E-state index in [9.17, 15) is 22.8 Å². The summed E-state index contributed by atoms with van der Waals surface area (Å²) in [6.07, 6.45) is 10.2. The van der Waals surface area contributed by atoms with Gasteiger partial charge in [0.15, 0.2) is 5.13 Å². The number of allylic oxidation sites excluding steroid dienone is 1.